The lowest BCUT2D eigenvalue weighted by molar-refractivity contribution is 0.461. The molecule has 2 heterocycles. The van der Waals surface area contributed by atoms with E-state index in [2.05, 4.69) is 5.32 Å². The lowest BCUT2D eigenvalue weighted by Gasteiger charge is -2.24. The predicted octanol–water partition coefficient (Wildman–Crippen LogP) is 4.08. The lowest BCUT2D eigenvalue weighted by Crippen LogP contribution is -2.23. The van der Waals surface area contributed by atoms with E-state index in [1.165, 1.54) is 19.3 Å². The minimum atomic E-state index is -3.63. The van der Waals surface area contributed by atoms with Gasteiger partial charge in [-0.05, 0) is 37.1 Å². The van der Waals surface area contributed by atoms with Crippen molar-refractivity contribution < 1.29 is 12.6 Å². The van der Waals surface area contributed by atoms with Gasteiger partial charge in [0.15, 0.2) is 5.75 Å². The largest absolute Gasteiger partial charge is 0.382 e. The highest BCUT2D eigenvalue weighted by molar-refractivity contribution is 7.86. The molecule has 1 aliphatic carbocycles. The minimum absolute atomic E-state index is 0.287. The summed E-state index contributed by atoms with van der Waals surface area (Å²) in [6.07, 6.45) is 8.99. The Morgan fingerprint density at radius 1 is 1.07 bits per heavy atom. The van der Waals surface area contributed by atoms with E-state index >= 15 is 0 Å². The highest BCUT2D eigenvalue weighted by atomic mass is 32.2. The first-order valence-corrected chi connectivity index (χ1v) is 11.1. The number of imidazole rings is 1. The van der Waals surface area contributed by atoms with E-state index in [-0.39, 0.29) is 5.75 Å². The Morgan fingerprint density at radius 3 is 2.59 bits per heavy atom. The van der Waals surface area contributed by atoms with Gasteiger partial charge in [-0.1, -0.05) is 37.5 Å². The number of hydrogen-bond acceptors (Lipinski definition) is 5. The first-order chi connectivity index (χ1) is 13.0. The molecular weight excluding hydrogens is 362 g/mol. The maximum atomic E-state index is 11.7. The average molecular weight is 385 g/mol. The second-order valence-electron chi connectivity index (χ2n) is 7.00. The molecule has 0 bridgehead atoms. The molecule has 6 nitrogen and oxygen atoms in total. The van der Waals surface area contributed by atoms with Gasteiger partial charge >= 0.3 is 10.1 Å². The van der Waals surface area contributed by atoms with Crippen molar-refractivity contribution in [2.75, 3.05) is 11.6 Å². The van der Waals surface area contributed by atoms with E-state index in [9.17, 15) is 8.42 Å². The molecule has 142 valence electrons. The molecule has 3 aromatic rings. The molecule has 0 atom stereocenters. The quantitative estimate of drug-likeness (QED) is 0.670. The fraction of sp³-hybridized carbons (Fsp3) is 0.350. The van der Waals surface area contributed by atoms with Gasteiger partial charge in [-0.3, -0.25) is 4.40 Å². The second kappa shape index (κ2) is 7.23. The van der Waals surface area contributed by atoms with E-state index < -0.39 is 10.1 Å². The summed E-state index contributed by atoms with van der Waals surface area (Å²) in [4.78, 5) is 4.76. The van der Waals surface area contributed by atoms with Gasteiger partial charge < -0.3 is 9.50 Å². The van der Waals surface area contributed by atoms with Gasteiger partial charge in [0.2, 0.25) is 0 Å². The normalized spacial score (nSPS) is 15.7. The summed E-state index contributed by atoms with van der Waals surface area (Å²) < 4.78 is 30.6. The number of aromatic nitrogens is 2. The molecule has 1 saturated carbocycles. The third kappa shape index (κ3) is 3.93. The minimum Gasteiger partial charge on any atom is -0.382 e. The highest BCUT2D eigenvalue weighted by Crippen LogP contribution is 2.36. The number of pyridine rings is 1. The van der Waals surface area contributed by atoms with Crippen molar-refractivity contribution in [3.05, 3.63) is 48.7 Å². The molecule has 0 unspecified atom stereocenters. The molecule has 0 amide bonds. The Morgan fingerprint density at radius 2 is 1.81 bits per heavy atom. The Balaban J connectivity index is 1.83. The SMILES string of the molecule is CS(=O)(=O)Oc1ccccc1-c1nc2ccccn2c1NC1CCCCC1. The number of hydrogen-bond donors (Lipinski definition) is 1. The summed E-state index contributed by atoms with van der Waals surface area (Å²) in [5.41, 5.74) is 2.16. The number of nitrogens with one attached hydrogen (secondary N) is 1. The molecule has 1 aromatic carbocycles. The topological polar surface area (TPSA) is 72.7 Å². The van der Waals surface area contributed by atoms with Crippen LogP contribution in [0.5, 0.6) is 5.75 Å². The summed E-state index contributed by atoms with van der Waals surface area (Å²) in [7, 11) is -3.63. The molecule has 4 rings (SSSR count). The van der Waals surface area contributed by atoms with Gasteiger partial charge in [-0.15, -0.1) is 0 Å². The van der Waals surface area contributed by atoms with Crippen LogP contribution >= 0.6 is 0 Å². The van der Waals surface area contributed by atoms with Crippen LogP contribution in [0.25, 0.3) is 16.9 Å². The van der Waals surface area contributed by atoms with Crippen LogP contribution in [0.3, 0.4) is 0 Å². The van der Waals surface area contributed by atoms with Crippen LogP contribution in [-0.4, -0.2) is 30.1 Å². The first kappa shape index (κ1) is 17.9. The molecule has 0 radical (unpaired) electrons. The molecule has 7 heteroatoms. The Hall–Kier alpha value is -2.54. The van der Waals surface area contributed by atoms with Crippen molar-refractivity contribution in [3.8, 4) is 17.0 Å². The number of rotatable bonds is 5. The fourth-order valence-electron chi connectivity index (χ4n) is 3.66. The van der Waals surface area contributed by atoms with Crippen molar-refractivity contribution in [1.29, 1.82) is 0 Å². The summed E-state index contributed by atoms with van der Waals surface area (Å²) in [5.74, 6) is 1.16. The molecule has 2 aromatic heterocycles. The van der Waals surface area contributed by atoms with Gasteiger partial charge in [0.25, 0.3) is 0 Å². The maximum absolute atomic E-state index is 11.7. The van der Waals surface area contributed by atoms with Crippen LogP contribution < -0.4 is 9.50 Å². The monoisotopic (exact) mass is 385 g/mol. The van der Waals surface area contributed by atoms with Crippen LogP contribution in [0.2, 0.25) is 0 Å². The average Bonchev–Trinajstić information content (AvgIpc) is 3.00. The van der Waals surface area contributed by atoms with Crippen LogP contribution in [0.15, 0.2) is 48.7 Å². The fourth-order valence-corrected chi connectivity index (χ4v) is 4.13. The van der Waals surface area contributed by atoms with Gasteiger partial charge in [0.05, 0.1) is 6.26 Å². The summed E-state index contributed by atoms with van der Waals surface area (Å²) in [6, 6.07) is 13.3. The third-order valence-corrected chi connectivity index (χ3v) is 5.34. The van der Waals surface area contributed by atoms with Gasteiger partial charge in [0, 0.05) is 17.8 Å². The van der Waals surface area contributed by atoms with Crippen LogP contribution in [0.1, 0.15) is 32.1 Å². The molecule has 0 saturated heterocycles. The standard InChI is InChI=1S/C20H23N3O3S/c1-27(24,25)26-17-12-6-5-11-16(17)19-20(21-15-9-3-2-4-10-15)23-14-8-7-13-18(23)22-19/h5-8,11-15,21H,2-4,9-10H2,1H3. The molecule has 1 aliphatic rings. The summed E-state index contributed by atoms with van der Waals surface area (Å²) >= 11 is 0. The lowest BCUT2D eigenvalue weighted by atomic mass is 9.95. The van der Waals surface area contributed by atoms with Gasteiger partial charge in [0.1, 0.15) is 17.2 Å². The smallest absolute Gasteiger partial charge is 0.306 e. The molecule has 0 aliphatic heterocycles. The van der Waals surface area contributed by atoms with Crippen molar-refractivity contribution in [1.82, 2.24) is 9.38 Å². The van der Waals surface area contributed by atoms with E-state index in [1.54, 1.807) is 12.1 Å². The number of fused-ring (bicyclic) bond motifs is 1. The Kier molecular flexibility index (Phi) is 4.78. The van der Waals surface area contributed by atoms with Crippen molar-refractivity contribution >= 4 is 21.6 Å². The summed E-state index contributed by atoms with van der Waals surface area (Å²) in [5, 5.41) is 3.66. The van der Waals surface area contributed by atoms with Crippen LogP contribution in [0, 0.1) is 0 Å². The third-order valence-electron chi connectivity index (χ3n) is 4.86. The van der Waals surface area contributed by atoms with Gasteiger partial charge in [-0.2, -0.15) is 8.42 Å². The molecule has 0 spiro atoms. The zero-order valence-corrected chi connectivity index (χ0v) is 16.1. The molecule has 27 heavy (non-hydrogen) atoms. The number of para-hydroxylation sites is 1. The maximum Gasteiger partial charge on any atom is 0.306 e. The molecule has 1 N–H and O–H groups in total. The number of benzene rings is 1. The van der Waals surface area contributed by atoms with Crippen molar-refractivity contribution in [3.63, 3.8) is 0 Å². The number of anilines is 1. The van der Waals surface area contributed by atoms with E-state index in [0.29, 0.717) is 17.3 Å². The number of nitrogens with zero attached hydrogens (tertiary/aromatic N) is 2. The second-order valence-corrected chi connectivity index (χ2v) is 8.58. The predicted molar refractivity (Wildman–Crippen MR) is 107 cm³/mol. The van der Waals surface area contributed by atoms with E-state index in [0.717, 1.165) is 30.6 Å². The van der Waals surface area contributed by atoms with Crippen molar-refractivity contribution in [2.45, 2.75) is 38.1 Å². The first-order valence-electron chi connectivity index (χ1n) is 9.24. The highest BCUT2D eigenvalue weighted by Gasteiger charge is 2.22. The van der Waals surface area contributed by atoms with Crippen LogP contribution in [-0.2, 0) is 10.1 Å². The zero-order chi connectivity index (χ0) is 18.9. The van der Waals surface area contributed by atoms with Crippen LogP contribution in [0.4, 0.5) is 5.82 Å². The molecule has 1 fully saturated rings. The van der Waals surface area contributed by atoms with E-state index in [4.69, 9.17) is 9.17 Å². The zero-order valence-electron chi connectivity index (χ0n) is 15.3. The van der Waals surface area contributed by atoms with Crippen molar-refractivity contribution in [2.24, 2.45) is 0 Å². The summed E-state index contributed by atoms with van der Waals surface area (Å²) in [6.45, 7) is 0. The van der Waals surface area contributed by atoms with E-state index in [1.807, 2.05) is 40.9 Å². The molecular formula is C20H23N3O3S. The Labute approximate surface area is 159 Å². The van der Waals surface area contributed by atoms with Gasteiger partial charge in [-0.25, -0.2) is 4.98 Å². The Bertz CT molecular complexity index is 1050.